The summed E-state index contributed by atoms with van der Waals surface area (Å²) in [5, 5.41) is 11.3. The van der Waals surface area contributed by atoms with Gasteiger partial charge in [-0.3, -0.25) is 4.79 Å². The first-order valence-corrected chi connectivity index (χ1v) is 12.0. The van der Waals surface area contributed by atoms with Crippen molar-refractivity contribution in [2.24, 2.45) is 40.9 Å². The van der Waals surface area contributed by atoms with E-state index < -0.39 is 5.60 Å². The molecule has 4 aliphatic rings. The van der Waals surface area contributed by atoms with Crippen molar-refractivity contribution in [1.29, 1.82) is 0 Å². The Kier molecular flexibility index (Phi) is 4.85. The second kappa shape index (κ2) is 6.48. The fourth-order valence-corrected chi connectivity index (χ4v) is 9.35. The Morgan fingerprint density at radius 1 is 1.36 bits per heavy atom. The highest BCUT2D eigenvalue weighted by Crippen LogP contribution is 2.67. The third-order valence-corrected chi connectivity index (χ3v) is 10.2. The highest BCUT2D eigenvalue weighted by molar-refractivity contribution is 14.1. The number of carbonyl (C=O) groups is 1. The van der Waals surface area contributed by atoms with Crippen LogP contribution in [-0.2, 0) is 4.79 Å². The first-order valence-electron chi connectivity index (χ1n) is 9.92. The highest BCUT2D eigenvalue weighted by Gasteiger charge is 2.65. The number of carbonyl (C=O) groups excluding carboxylic acids is 1. The van der Waals surface area contributed by atoms with Gasteiger partial charge in [0.2, 0.25) is 0 Å². The normalized spacial score (nSPS) is 52.2. The molecule has 0 amide bonds. The molecular weight excluding hydrogens is 447 g/mol. The van der Waals surface area contributed by atoms with Crippen molar-refractivity contribution in [2.75, 3.05) is 10.3 Å². The average molecular weight is 477 g/mol. The molecule has 0 aromatic heterocycles. The minimum atomic E-state index is -0.563. The Balaban J connectivity index is 1.78. The van der Waals surface area contributed by atoms with Crippen molar-refractivity contribution in [3.05, 3.63) is 11.6 Å². The summed E-state index contributed by atoms with van der Waals surface area (Å²) < 4.78 is 1.03. The van der Waals surface area contributed by atoms with Crippen molar-refractivity contribution < 1.29 is 9.90 Å². The monoisotopic (exact) mass is 476 g/mol. The lowest BCUT2D eigenvalue weighted by Crippen LogP contribution is -2.59. The minimum Gasteiger partial charge on any atom is -0.390 e. The van der Waals surface area contributed by atoms with Crippen LogP contribution in [0.4, 0.5) is 0 Å². The Morgan fingerprint density at radius 2 is 2.12 bits per heavy atom. The zero-order valence-corrected chi connectivity index (χ0v) is 18.2. The van der Waals surface area contributed by atoms with Gasteiger partial charge in [-0.05, 0) is 80.6 Å². The predicted molar refractivity (Wildman–Crippen MR) is 110 cm³/mol. The fraction of sp³-hybridized carbons (Fsp3) is 0.857. The number of aliphatic hydroxyl groups is 1. The Morgan fingerprint density at radius 3 is 2.80 bits per heavy atom. The van der Waals surface area contributed by atoms with Gasteiger partial charge in [0.15, 0.2) is 5.78 Å². The molecule has 0 aliphatic heterocycles. The fourth-order valence-electron chi connectivity index (χ4n) is 7.33. The van der Waals surface area contributed by atoms with Gasteiger partial charge in [0.1, 0.15) is 0 Å². The number of rotatable bonds is 2. The summed E-state index contributed by atoms with van der Waals surface area (Å²) in [5.74, 6) is 4.48. The summed E-state index contributed by atoms with van der Waals surface area (Å²) in [7, 11) is 0. The molecule has 3 fully saturated rings. The predicted octanol–water partition coefficient (Wildman–Crippen LogP) is 5.01. The molecule has 0 radical (unpaired) electrons. The summed E-state index contributed by atoms with van der Waals surface area (Å²) in [6, 6.07) is 0. The molecule has 2 nitrogen and oxygen atoms in total. The van der Waals surface area contributed by atoms with Gasteiger partial charge in [-0.15, -0.1) is 11.6 Å². The quantitative estimate of drug-likeness (QED) is 0.449. The third-order valence-electron chi connectivity index (χ3n) is 8.44. The maximum absolute atomic E-state index is 12.0. The van der Waals surface area contributed by atoms with Crippen LogP contribution in [0.2, 0.25) is 0 Å². The lowest BCUT2D eigenvalue weighted by atomic mass is 9.46. The topological polar surface area (TPSA) is 37.3 Å². The summed E-state index contributed by atoms with van der Waals surface area (Å²) >= 11 is 9.06. The van der Waals surface area contributed by atoms with Gasteiger partial charge in [-0.25, -0.2) is 0 Å². The molecule has 140 valence electrons. The number of hydrogen-bond donors (Lipinski definition) is 1. The maximum Gasteiger partial charge on any atom is 0.155 e. The second-order valence-corrected chi connectivity index (χ2v) is 10.6. The molecule has 0 bridgehead atoms. The van der Waals surface area contributed by atoms with Crippen molar-refractivity contribution >= 4 is 40.0 Å². The lowest BCUT2D eigenvalue weighted by molar-refractivity contribution is -0.133. The van der Waals surface area contributed by atoms with Gasteiger partial charge in [0, 0.05) is 22.1 Å². The molecule has 0 heterocycles. The average Bonchev–Trinajstić information content (AvgIpc) is 2.84. The molecule has 25 heavy (non-hydrogen) atoms. The number of allylic oxidation sites excluding steroid dienone is 1. The smallest absolute Gasteiger partial charge is 0.155 e. The van der Waals surface area contributed by atoms with Crippen LogP contribution in [0.5, 0.6) is 0 Å². The molecule has 1 N–H and O–H groups in total. The minimum absolute atomic E-state index is 0.0221. The largest absolute Gasteiger partial charge is 0.390 e. The van der Waals surface area contributed by atoms with E-state index in [1.54, 1.807) is 0 Å². The van der Waals surface area contributed by atoms with E-state index in [9.17, 15) is 9.90 Å². The lowest BCUT2D eigenvalue weighted by Gasteiger charge is -2.60. The van der Waals surface area contributed by atoms with Crippen molar-refractivity contribution in [3.63, 3.8) is 0 Å². The maximum atomic E-state index is 12.0. The summed E-state index contributed by atoms with van der Waals surface area (Å²) in [4.78, 5) is 12.0. The summed E-state index contributed by atoms with van der Waals surface area (Å²) in [6.45, 7) is 4.46. The van der Waals surface area contributed by atoms with E-state index in [1.165, 1.54) is 5.57 Å². The van der Waals surface area contributed by atoms with Crippen LogP contribution < -0.4 is 0 Å². The van der Waals surface area contributed by atoms with Crippen LogP contribution in [0, 0.1) is 40.9 Å². The molecule has 4 rings (SSSR count). The van der Waals surface area contributed by atoms with E-state index in [0.29, 0.717) is 53.6 Å². The number of alkyl halides is 2. The van der Waals surface area contributed by atoms with E-state index in [0.717, 1.165) is 36.5 Å². The highest BCUT2D eigenvalue weighted by atomic mass is 127. The molecule has 0 saturated heterocycles. The van der Waals surface area contributed by atoms with Gasteiger partial charge in [0.05, 0.1) is 5.60 Å². The van der Waals surface area contributed by atoms with Crippen LogP contribution in [0.15, 0.2) is 11.6 Å². The summed E-state index contributed by atoms with van der Waals surface area (Å²) in [6.07, 6.45) is 7.91. The van der Waals surface area contributed by atoms with Gasteiger partial charge in [0.25, 0.3) is 0 Å². The molecule has 8 atom stereocenters. The molecule has 4 aliphatic carbocycles. The van der Waals surface area contributed by atoms with Crippen LogP contribution in [0.25, 0.3) is 0 Å². The van der Waals surface area contributed by atoms with Crippen molar-refractivity contribution in [3.8, 4) is 0 Å². The summed E-state index contributed by atoms with van der Waals surface area (Å²) in [5.41, 5.74) is 0.868. The van der Waals surface area contributed by atoms with Gasteiger partial charge >= 0.3 is 0 Å². The standard InChI is InChI=1S/C21H30ClIO2/c1-12-7-13-8-15(24)3-4-16(13)19-14(10-22)9-21(11-23)17(18(12)19)5-6-20(21,2)25/h8,12,14,16-19,25H,3-7,9-11H2,1-2H3/t12-,14-,16+,17+,18+,19-,20+,21-/m1/s1. The van der Waals surface area contributed by atoms with Crippen LogP contribution in [-0.4, -0.2) is 26.8 Å². The second-order valence-electron chi connectivity index (χ2n) is 9.49. The number of ketones is 1. The van der Waals surface area contributed by atoms with Gasteiger partial charge < -0.3 is 5.11 Å². The van der Waals surface area contributed by atoms with E-state index in [-0.39, 0.29) is 5.41 Å². The molecule has 0 aromatic carbocycles. The SMILES string of the molecule is C[C@@H]1CC2=CC(=O)CC[C@@H]2[C@H]2[C@@H](CCl)C[C@@]3(CI)[C@@H](CC[C@]3(C)O)[C@@H]21. The zero-order chi connectivity index (χ0) is 18.0. The van der Waals surface area contributed by atoms with Crippen LogP contribution >= 0.6 is 34.2 Å². The molecule has 3 saturated carbocycles. The van der Waals surface area contributed by atoms with E-state index in [1.807, 2.05) is 6.08 Å². The third kappa shape index (κ3) is 2.61. The van der Waals surface area contributed by atoms with E-state index in [4.69, 9.17) is 11.6 Å². The van der Waals surface area contributed by atoms with E-state index >= 15 is 0 Å². The van der Waals surface area contributed by atoms with Crippen LogP contribution in [0.1, 0.15) is 52.4 Å². The van der Waals surface area contributed by atoms with Gasteiger partial charge in [-0.2, -0.15) is 0 Å². The first kappa shape index (κ1) is 18.7. The van der Waals surface area contributed by atoms with E-state index in [2.05, 4.69) is 36.4 Å². The molecule has 0 unspecified atom stereocenters. The molecule has 0 spiro atoms. The van der Waals surface area contributed by atoms with Crippen molar-refractivity contribution in [1.82, 2.24) is 0 Å². The molecule has 0 aromatic rings. The zero-order valence-electron chi connectivity index (χ0n) is 15.3. The number of fused-ring (bicyclic) bond motifs is 5. The Hall–Kier alpha value is 0.390. The Labute approximate surface area is 170 Å². The number of halogens is 2. The molecule has 4 heteroatoms. The Bertz CT molecular complexity index is 601. The molecular formula is C21H30ClIO2. The number of hydrogen-bond acceptors (Lipinski definition) is 2. The van der Waals surface area contributed by atoms with Crippen LogP contribution in [0.3, 0.4) is 0 Å². The van der Waals surface area contributed by atoms with Gasteiger partial charge in [-0.1, -0.05) is 35.1 Å². The van der Waals surface area contributed by atoms with Crippen molar-refractivity contribution in [2.45, 2.75) is 58.0 Å². The first-order chi connectivity index (χ1) is 11.8.